The second kappa shape index (κ2) is 8.25. The van der Waals surface area contributed by atoms with Crippen LogP contribution in [0.25, 0.3) is 44.7 Å². The third kappa shape index (κ3) is 3.55. The second-order valence-corrected chi connectivity index (χ2v) is 6.94. The van der Waals surface area contributed by atoms with Crippen LogP contribution in [-0.4, -0.2) is 19.6 Å². The molecule has 0 aliphatic rings. The number of imidazole rings is 1. The molecule has 2 heterocycles. The van der Waals surface area contributed by atoms with Gasteiger partial charge in [0.1, 0.15) is 11.6 Å². The average molecular weight is 572 g/mol. The first-order valence-electron chi connectivity index (χ1n) is 9.39. The molecule has 4 nitrogen and oxygen atoms in total. The minimum Gasteiger partial charge on any atom is -0.507 e. The van der Waals surface area contributed by atoms with Gasteiger partial charge in [-0.25, -0.2) is 0 Å². The molecule has 0 unspecified atom stereocenters. The maximum atomic E-state index is 10.2. The molecular weight excluding hydrogens is 553 g/mol. The standard InChI is InChI=1S/C25H18N3O.Pt/c1-28-16-22(27-25(28)21-11-4-5-12-23(21)29)18-8-6-9-19(15-18)24-20-10-3-2-7-17(20)13-14-26-24;/h2-14,16,29H,1H3;/q-1;. The molecule has 30 heavy (non-hydrogen) atoms. The van der Waals surface area contributed by atoms with E-state index in [4.69, 9.17) is 4.98 Å². The molecule has 0 bridgehead atoms. The van der Waals surface area contributed by atoms with Gasteiger partial charge in [-0.1, -0.05) is 47.5 Å². The quantitative estimate of drug-likeness (QED) is 0.292. The molecule has 0 spiro atoms. The van der Waals surface area contributed by atoms with Gasteiger partial charge in [0.25, 0.3) is 0 Å². The topological polar surface area (TPSA) is 50.9 Å². The monoisotopic (exact) mass is 571 g/mol. The van der Waals surface area contributed by atoms with Crippen molar-refractivity contribution in [2.24, 2.45) is 7.05 Å². The molecule has 0 saturated carbocycles. The van der Waals surface area contributed by atoms with Gasteiger partial charge in [-0.05, 0) is 35.2 Å². The Morgan fingerprint density at radius 2 is 1.63 bits per heavy atom. The maximum absolute atomic E-state index is 10.2. The number of phenols is 1. The van der Waals surface area contributed by atoms with Crippen LogP contribution in [0.1, 0.15) is 0 Å². The normalized spacial score (nSPS) is 10.7. The first-order chi connectivity index (χ1) is 14.2. The van der Waals surface area contributed by atoms with Gasteiger partial charge in [0, 0.05) is 45.7 Å². The van der Waals surface area contributed by atoms with Crippen LogP contribution in [0.5, 0.6) is 5.75 Å². The van der Waals surface area contributed by atoms with E-state index in [1.165, 1.54) is 0 Å². The summed E-state index contributed by atoms with van der Waals surface area (Å²) in [4.78, 5) is 9.36. The number of para-hydroxylation sites is 1. The van der Waals surface area contributed by atoms with E-state index in [9.17, 15) is 5.11 Å². The Balaban J connectivity index is 0.00000218. The Morgan fingerprint density at radius 1 is 0.867 bits per heavy atom. The van der Waals surface area contributed by atoms with Gasteiger partial charge in [-0.15, -0.1) is 24.3 Å². The number of hydrogen-bond donors (Lipinski definition) is 1. The van der Waals surface area contributed by atoms with Crippen molar-refractivity contribution in [1.82, 2.24) is 14.5 Å². The smallest absolute Gasteiger partial charge is 0.135 e. The molecule has 5 aromatic rings. The zero-order chi connectivity index (χ0) is 19.8. The van der Waals surface area contributed by atoms with Crippen molar-refractivity contribution in [2.45, 2.75) is 0 Å². The predicted molar refractivity (Wildman–Crippen MR) is 115 cm³/mol. The molecule has 150 valence electrons. The van der Waals surface area contributed by atoms with Crippen LogP contribution in [0.2, 0.25) is 0 Å². The summed E-state index contributed by atoms with van der Waals surface area (Å²) in [5.74, 6) is 0.922. The largest absolute Gasteiger partial charge is 0.507 e. The van der Waals surface area contributed by atoms with Crippen molar-refractivity contribution in [3.05, 3.63) is 91.3 Å². The summed E-state index contributed by atoms with van der Waals surface area (Å²) >= 11 is 0. The minimum atomic E-state index is 0. The Kier molecular flexibility index (Phi) is 5.52. The second-order valence-electron chi connectivity index (χ2n) is 6.94. The molecule has 3 aromatic carbocycles. The van der Waals surface area contributed by atoms with Gasteiger partial charge in [-0.2, -0.15) is 0 Å². The van der Waals surface area contributed by atoms with Crippen LogP contribution in [0.15, 0.2) is 85.2 Å². The number of phenolic OH excluding ortho intramolecular Hbond substituents is 1. The Morgan fingerprint density at radius 3 is 2.50 bits per heavy atom. The minimum absolute atomic E-state index is 0. The van der Waals surface area contributed by atoms with E-state index in [0.717, 1.165) is 33.3 Å². The predicted octanol–water partition coefficient (Wildman–Crippen LogP) is 5.47. The van der Waals surface area contributed by atoms with E-state index in [-0.39, 0.29) is 26.8 Å². The molecule has 5 rings (SSSR count). The molecule has 0 radical (unpaired) electrons. The van der Waals surface area contributed by atoms with Crippen molar-refractivity contribution in [3.63, 3.8) is 0 Å². The number of aromatic hydroxyl groups is 1. The molecule has 2 aromatic heterocycles. The zero-order valence-electron chi connectivity index (χ0n) is 16.2. The fourth-order valence-corrected chi connectivity index (χ4v) is 3.60. The number of nitrogens with zero attached hydrogens (tertiary/aromatic N) is 3. The molecule has 0 fully saturated rings. The van der Waals surface area contributed by atoms with Gasteiger partial charge in [-0.3, -0.25) is 9.97 Å². The number of pyridine rings is 1. The van der Waals surface area contributed by atoms with Gasteiger partial charge < -0.3 is 9.67 Å². The van der Waals surface area contributed by atoms with E-state index in [2.05, 4.69) is 23.2 Å². The maximum Gasteiger partial charge on any atom is 0.135 e. The van der Waals surface area contributed by atoms with Crippen LogP contribution in [-0.2, 0) is 28.1 Å². The van der Waals surface area contributed by atoms with E-state index < -0.39 is 0 Å². The van der Waals surface area contributed by atoms with Gasteiger partial charge >= 0.3 is 0 Å². The molecule has 0 aliphatic carbocycles. The van der Waals surface area contributed by atoms with Crippen molar-refractivity contribution in [2.75, 3.05) is 0 Å². The fraction of sp³-hybridized carbons (Fsp3) is 0.0400. The van der Waals surface area contributed by atoms with Crippen molar-refractivity contribution in [1.29, 1.82) is 0 Å². The van der Waals surface area contributed by atoms with Crippen molar-refractivity contribution < 1.29 is 26.2 Å². The van der Waals surface area contributed by atoms with Gasteiger partial charge in [0.15, 0.2) is 0 Å². The number of aryl methyl sites for hydroxylation is 1. The summed E-state index contributed by atoms with van der Waals surface area (Å²) in [6.07, 6.45) is 3.78. The molecule has 0 amide bonds. The SMILES string of the molecule is Cn1cc(-c2[c-]c(-c3nccc4ccccc34)ccc2)nc1-c1ccccc1O.[Pt]. The van der Waals surface area contributed by atoms with E-state index in [0.29, 0.717) is 11.4 Å². The van der Waals surface area contributed by atoms with Gasteiger partial charge in [0.05, 0.1) is 5.56 Å². The molecule has 0 aliphatic heterocycles. The Bertz CT molecular complexity index is 1340. The molecule has 1 N–H and O–H groups in total. The summed E-state index contributed by atoms with van der Waals surface area (Å²) in [6.45, 7) is 0. The molecule has 5 heteroatoms. The van der Waals surface area contributed by atoms with Crippen molar-refractivity contribution >= 4 is 10.8 Å². The first kappa shape index (κ1) is 20.1. The van der Waals surface area contributed by atoms with Gasteiger partial charge in [0.2, 0.25) is 0 Å². The third-order valence-corrected chi connectivity index (χ3v) is 5.02. The fourth-order valence-electron chi connectivity index (χ4n) is 3.60. The summed E-state index contributed by atoms with van der Waals surface area (Å²) in [6, 6.07) is 26.9. The van der Waals surface area contributed by atoms with E-state index in [1.54, 1.807) is 12.1 Å². The van der Waals surface area contributed by atoms with Crippen LogP contribution in [0.3, 0.4) is 0 Å². The summed E-state index contributed by atoms with van der Waals surface area (Å²) in [5.41, 5.74) is 4.21. The van der Waals surface area contributed by atoms with E-state index >= 15 is 0 Å². The van der Waals surface area contributed by atoms with Crippen LogP contribution >= 0.6 is 0 Å². The molecule has 0 saturated heterocycles. The first-order valence-corrected chi connectivity index (χ1v) is 9.39. The molecule has 0 atom stereocenters. The van der Waals surface area contributed by atoms with Crippen molar-refractivity contribution in [3.8, 4) is 39.7 Å². The number of rotatable bonds is 3. The number of hydrogen-bond acceptors (Lipinski definition) is 3. The van der Waals surface area contributed by atoms with Crippen LogP contribution in [0.4, 0.5) is 0 Å². The Hall–Kier alpha value is -3.23. The average Bonchev–Trinajstić information content (AvgIpc) is 3.15. The zero-order valence-corrected chi connectivity index (χ0v) is 18.5. The molecular formula is C25H18N3OPt-. The third-order valence-electron chi connectivity index (χ3n) is 5.02. The summed E-state index contributed by atoms with van der Waals surface area (Å²) in [7, 11) is 1.92. The number of fused-ring (bicyclic) bond motifs is 1. The Labute approximate surface area is 189 Å². The van der Waals surface area contributed by atoms with E-state index in [1.807, 2.05) is 72.5 Å². The van der Waals surface area contributed by atoms with Crippen LogP contribution < -0.4 is 0 Å². The summed E-state index contributed by atoms with van der Waals surface area (Å²) in [5, 5.41) is 12.4. The summed E-state index contributed by atoms with van der Waals surface area (Å²) < 4.78 is 1.92. The number of aromatic nitrogens is 3. The van der Waals surface area contributed by atoms with Crippen LogP contribution in [0, 0.1) is 6.07 Å². The number of benzene rings is 3.